The quantitative estimate of drug-likeness (QED) is 0.301. The Balaban J connectivity index is 1.64. The largest absolute Gasteiger partial charge is 0.338 e. The number of aromatic nitrogens is 4. The molecular formula is C22H21FN4O2S2. The fourth-order valence-electron chi connectivity index (χ4n) is 3.82. The lowest BCUT2D eigenvalue weighted by molar-refractivity contribution is 0.382. The molecule has 160 valence electrons. The normalized spacial score (nSPS) is 13.8. The summed E-state index contributed by atoms with van der Waals surface area (Å²) in [5, 5.41) is 5.04. The molecule has 6 nitrogen and oxygen atoms in total. The fourth-order valence-corrected chi connectivity index (χ4v) is 5.96. The Kier molecular flexibility index (Phi) is 5.39. The maximum absolute atomic E-state index is 14.7. The van der Waals surface area contributed by atoms with Gasteiger partial charge in [0.05, 0.1) is 16.8 Å². The summed E-state index contributed by atoms with van der Waals surface area (Å²) in [6.45, 7) is 3.98. The van der Waals surface area contributed by atoms with Crippen molar-refractivity contribution in [3.8, 4) is 5.69 Å². The van der Waals surface area contributed by atoms with Crippen molar-refractivity contribution in [2.24, 2.45) is 0 Å². The Morgan fingerprint density at radius 2 is 2.03 bits per heavy atom. The van der Waals surface area contributed by atoms with Crippen LogP contribution in [0.15, 0.2) is 38.7 Å². The molecule has 0 saturated carbocycles. The number of nitrogens with zero attached hydrogens (tertiary/aromatic N) is 4. The molecular weight excluding hydrogens is 435 g/mol. The summed E-state index contributed by atoms with van der Waals surface area (Å²) in [5.41, 5.74) is 1.07. The van der Waals surface area contributed by atoms with Crippen molar-refractivity contribution in [3.63, 3.8) is 0 Å². The third-order valence-electron chi connectivity index (χ3n) is 5.38. The highest BCUT2D eigenvalue weighted by Gasteiger charge is 2.24. The Morgan fingerprint density at radius 1 is 1.23 bits per heavy atom. The number of hydrogen-bond donors (Lipinski definition) is 0. The van der Waals surface area contributed by atoms with Gasteiger partial charge in [0.1, 0.15) is 10.6 Å². The van der Waals surface area contributed by atoms with Gasteiger partial charge in [-0.25, -0.2) is 9.37 Å². The van der Waals surface area contributed by atoms with Crippen molar-refractivity contribution >= 4 is 33.3 Å². The molecule has 31 heavy (non-hydrogen) atoms. The van der Waals surface area contributed by atoms with Crippen LogP contribution in [0.3, 0.4) is 0 Å². The summed E-state index contributed by atoms with van der Waals surface area (Å²) >= 11 is 2.88. The molecule has 0 amide bonds. The lowest BCUT2D eigenvalue weighted by Gasteiger charge is -2.13. The Morgan fingerprint density at radius 3 is 2.81 bits per heavy atom. The van der Waals surface area contributed by atoms with Gasteiger partial charge in [0.25, 0.3) is 5.56 Å². The molecule has 0 bridgehead atoms. The second-order valence-corrected chi connectivity index (χ2v) is 9.89. The zero-order valence-electron chi connectivity index (χ0n) is 17.2. The molecule has 4 aromatic rings. The number of para-hydroxylation sites is 1. The van der Waals surface area contributed by atoms with E-state index in [4.69, 9.17) is 9.51 Å². The summed E-state index contributed by atoms with van der Waals surface area (Å²) in [6, 6.07) is 6.30. The lowest BCUT2D eigenvalue weighted by atomic mass is 9.97. The molecule has 9 heteroatoms. The molecule has 3 aromatic heterocycles. The van der Waals surface area contributed by atoms with Crippen LogP contribution in [-0.2, 0) is 18.6 Å². The van der Waals surface area contributed by atoms with Crippen molar-refractivity contribution in [1.29, 1.82) is 0 Å². The number of fused-ring (bicyclic) bond motifs is 3. The third-order valence-corrected chi connectivity index (χ3v) is 7.49. The van der Waals surface area contributed by atoms with Crippen LogP contribution in [-0.4, -0.2) is 19.7 Å². The molecule has 0 radical (unpaired) electrons. The molecule has 1 aromatic carbocycles. The van der Waals surface area contributed by atoms with Gasteiger partial charge in [-0.05, 0) is 43.4 Å². The first kappa shape index (κ1) is 20.4. The van der Waals surface area contributed by atoms with E-state index in [0.717, 1.165) is 36.1 Å². The topological polar surface area (TPSA) is 73.8 Å². The van der Waals surface area contributed by atoms with Crippen LogP contribution in [0.2, 0.25) is 0 Å². The average Bonchev–Trinajstić information content (AvgIpc) is 3.38. The van der Waals surface area contributed by atoms with Gasteiger partial charge in [0.2, 0.25) is 5.89 Å². The summed E-state index contributed by atoms with van der Waals surface area (Å²) in [4.78, 5) is 24.8. The number of thiophene rings is 1. The minimum Gasteiger partial charge on any atom is -0.338 e. The van der Waals surface area contributed by atoms with Crippen molar-refractivity contribution in [1.82, 2.24) is 19.7 Å². The van der Waals surface area contributed by atoms with Crippen LogP contribution in [0.25, 0.3) is 15.9 Å². The number of benzene rings is 1. The Hall–Kier alpha value is -2.52. The number of hydrogen-bond acceptors (Lipinski definition) is 7. The van der Waals surface area contributed by atoms with Crippen LogP contribution in [0.4, 0.5) is 4.39 Å². The van der Waals surface area contributed by atoms with Crippen LogP contribution >= 0.6 is 23.1 Å². The number of thioether (sulfide) groups is 1. The standard InChI is InChI=1S/C22H21FN4O2S2/c1-12(2)19-24-17(29-26-19)11-30-22-25-20-18(13-7-3-6-10-16(13)31-20)21(28)27(22)15-9-5-4-8-14(15)23/h4-5,8-9,12H,3,6-7,10-11H2,1-2H3. The van der Waals surface area contributed by atoms with Gasteiger partial charge in [0.15, 0.2) is 11.0 Å². The van der Waals surface area contributed by atoms with Crippen molar-refractivity contribution in [3.05, 3.63) is 62.6 Å². The SMILES string of the molecule is CC(C)c1noc(CSc2nc3sc4c(c3c(=O)n2-c2ccccc2F)CCCC4)n1. The summed E-state index contributed by atoms with van der Waals surface area (Å²) in [7, 11) is 0. The summed E-state index contributed by atoms with van der Waals surface area (Å²) in [6.07, 6.45) is 4.02. The monoisotopic (exact) mass is 456 g/mol. The van der Waals surface area contributed by atoms with Crippen LogP contribution in [0.5, 0.6) is 0 Å². The smallest absolute Gasteiger partial charge is 0.267 e. The zero-order valence-corrected chi connectivity index (χ0v) is 18.9. The van der Waals surface area contributed by atoms with Gasteiger partial charge in [-0.15, -0.1) is 11.3 Å². The highest BCUT2D eigenvalue weighted by Crippen LogP contribution is 2.35. The molecule has 1 aliphatic carbocycles. The molecule has 5 rings (SSSR count). The van der Waals surface area contributed by atoms with Gasteiger partial charge >= 0.3 is 0 Å². The van der Waals surface area contributed by atoms with Gasteiger partial charge in [0, 0.05) is 10.8 Å². The lowest BCUT2D eigenvalue weighted by Crippen LogP contribution is -2.23. The summed E-state index contributed by atoms with van der Waals surface area (Å²) in [5.74, 6) is 1.13. The van der Waals surface area contributed by atoms with Crippen LogP contribution < -0.4 is 5.56 Å². The second-order valence-electron chi connectivity index (χ2n) is 7.87. The van der Waals surface area contributed by atoms with Gasteiger partial charge in [-0.3, -0.25) is 9.36 Å². The van der Waals surface area contributed by atoms with E-state index in [1.54, 1.807) is 29.5 Å². The van der Waals surface area contributed by atoms with Crippen molar-refractivity contribution < 1.29 is 8.91 Å². The van der Waals surface area contributed by atoms with Gasteiger partial charge < -0.3 is 4.52 Å². The molecule has 0 unspecified atom stereocenters. The average molecular weight is 457 g/mol. The van der Waals surface area contributed by atoms with Crippen LogP contribution in [0, 0.1) is 5.82 Å². The van der Waals surface area contributed by atoms with E-state index in [1.807, 2.05) is 13.8 Å². The predicted octanol–water partition coefficient (Wildman–Crippen LogP) is 5.26. The second kappa shape index (κ2) is 8.20. The van der Waals surface area contributed by atoms with E-state index >= 15 is 0 Å². The third kappa shape index (κ3) is 3.70. The van der Waals surface area contributed by atoms with E-state index in [1.165, 1.54) is 27.3 Å². The molecule has 0 spiro atoms. The first-order valence-corrected chi connectivity index (χ1v) is 12.1. The van der Waals surface area contributed by atoms with E-state index in [0.29, 0.717) is 28.0 Å². The Labute approximate surface area is 186 Å². The van der Waals surface area contributed by atoms with E-state index < -0.39 is 5.82 Å². The highest BCUT2D eigenvalue weighted by atomic mass is 32.2. The maximum Gasteiger partial charge on any atom is 0.267 e. The molecule has 0 N–H and O–H groups in total. The fraction of sp³-hybridized carbons (Fsp3) is 0.364. The van der Waals surface area contributed by atoms with Crippen molar-refractivity contribution in [2.75, 3.05) is 0 Å². The molecule has 3 heterocycles. The van der Waals surface area contributed by atoms with Crippen LogP contribution in [0.1, 0.15) is 54.8 Å². The minimum atomic E-state index is -0.461. The van der Waals surface area contributed by atoms with Crippen molar-refractivity contribution in [2.45, 2.75) is 56.4 Å². The predicted molar refractivity (Wildman–Crippen MR) is 120 cm³/mol. The van der Waals surface area contributed by atoms with Gasteiger partial charge in [-0.2, -0.15) is 4.98 Å². The molecule has 0 saturated heterocycles. The van der Waals surface area contributed by atoms with E-state index in [2.05, 4.69) is 10.1 Å². The summed E-state index contributed by atoms with van der Waals surface area (Å²) < 4.78 is 21.4. The first-order chi connectivity index (χ1) is 15.0. The number of aryl methyl sites for hydroxylation is 2. The van der Waals surface area contributed by atoms with E-state index in [-0.39, 0.29) is 17.2 Å². The zero-order chi connectivity index (χ0) is 21.5. The molecule has 0 atom stereocenters. The highest BCUT2D eigenvalue weighted by molar-refractivity contribution is 7.98. The maximum atomic E-state index is 14.7. The molecule has 0 fully saturated rings. The Bertz CT molecular complexity index is 1330. The first-order valence-electron chi connectivity index (χ1n) is 10.3. The number of rotatable bonds is 5. The number of halogens is 1. The molecule has 1 aliphatic rings. The minimum absolute atomic E-state index is 0.158. The van der Waals surface area contributed by atoms with E-state index in [9.17, 15) is 9.18 Å². The van der Waals surface area contributed by atoms with Gasteiger partial charge in [-0.1, -0.05) is 42.9 Å². The molecule has 0 aliphatic heterocycles.